The summed E-state index contributed by atoms with van der Waals surface area (Å²) in [5, 5.41) is 11.5. The van der Waals surface area contributed by atoms with E-state index in [1.54, 1.807) is 6.20 Å². The molecule has 15 heavy (non-hydrogen) atoms. The molecule has 0 spiro atoms. The molecule has 0 aliphatic heterocycles. The number of nitrogens with zero attached hydrogens (tertiary/aromatic N) is 1. The molecule has 82 valence electrons. The summed E-state index contributed by atoms with van der Waals surface area (Å²) in [6.45, 7) is 1.96. The molecular formula is C11H16N2O2. The van der Waals surface area contributed by atoms with Gasteiger partial charge >= 0.3 is 0 Å². The molecular weight excluding hydrogens is 192 g/mol. The van der Waals surface area contributed by atoms with Crippen LogP contribution in [0.15, 0.2) is 24.4 Å². The van der Waals surface area contributed by atoms with Crippen LogP contribution in [0.25, 0.3) is 0 Å². The zero-order chi connectivity index (χ0) is 11.1. The van der Waals surface area contributed by atoms with E-state index in [2.05, 4.69) is 10.3 Å². The second-order valence-electron chi connectivity index (χ2n) is 3.48. The molecule has 0 saturated heterocycles. The number of hydrogen-bond donors (Lipinski definition) is 2. The van der Waals surface area contributed by atoms with Crippen LogP contribution in [0.1, 0.15) is 19.0 Å². The van der Waals surface area contributed by atoms with Crippen molar-refractivity contribution in [2.45, 2.75) is 25.8 Å². The Balaban J connectivity index is 2.36. The van der Waals surface area contributed by atoms with Gasteiger partial charge in [0.15, 0.2) is 0 Å². The summed E-state index contributed by atoms with van der Waals surface area (Å²) in [6, 6.07) is 5.49. The highest BCUT2D eigenvalue weighted by atomic mass is 16.3. The van der Waals surface area contributed by atoms with Crippen molar-refractivity contribution in [1.82, 2.24) is 10.3 Å². The van der Waals surface area contributed by atoms with Gasteiger partial charge in [-0.3, -0.25) is 9.78 Å². The first-order valence-electron chi connectivity index (χ1n) is 5.02. The molecule has 1 unspecified atom stereocenters. The topological polar surface area (TPSA) is 62.2 Å². The van der Waals surface area contributed by atoms with Crippen LogP contribution >= 0.6 is 0 Å². The summed E-state index contributed by atoms with van der Waals surface area (Å²) in [5.41, 5.74) is 0.756. The average molecular weight is 208 g/mol. The summed E-state index contributed by atoms with van der Waals surface area (Å²) in [7, 11) is 0. The van der Waals surface area contributed by atoms with Gasteiger partial charge in [0.25, 0.3) is 0 Å². The van der Waals surface area contributed by atoms with E-state index in [4.69, 9.17) is 5.11 Å². The predicted molar refractivity (Wildman–Crippen MR) is 57.2 cm³/mol. The van der Waals surface area contributed by atoms with E-state index in [-0.39, 0.29) is 25.0 Å². The average Bonchev–Trinajstić information content (AvgIpc) is 2.19. The number of amides is 1. The van der Waals surface area contributed by atoms with Crippen LogP contribution in [0, 0.1) is 0 Å². The lowest BCUT2D eigenvalue weighted by Gasteiger charge is -2.11. The molecule has 0 aliphatic carbocycles. The van der Waals surface area contributed by atoms with Crippen molar-refractivity contribution in [2.75, 3.05) is 6.61 Å². The first-order valence-corrected chi connectivity index (χ1v) is 5.02. The molecule has 0 aromatic carbocycles. The molecule has 4 nitrogen and oxygen atoms in total. The lowest BCUT2D eigenvalue weighted by atomic mass is 10.2. The van der Waals surface area contributed by atoms with E-state index >= 15 is 0 Å². The minimum absolute atomic E-state index is 0.00575. The summed E-state index contributed by atoms with van der Waals surface area (Å²) in [6.07, 6.45) is 2.53. The number of nitrogens with one attached hydrogen (secondary N) is 1. The summed E-state index contributed by atoms with van der Waals surface area (Å²) in [4.78, 5) is 15.5. The zero-order valence-corrected chi connectivity index (χ0v) is 8.81. The molecule has 4 heteroatoms. The molecule has 2 N–H and O–H groups in total. The molecule has 1 rings (SSSR count). The minimum atomic E-state index is -0.0605. The highest BCUT2D eigenvalue weighted by Crippen LogP contribution is 1.96. The number of aromatic nitrogens is 1. The second kappa shape index (κ2) is 6.14. The highest BCUT2D eigenvalue weighted by Gasteiger charge is 2.07. The molecule has 1 heterocycles. The van der Waals surface area contributed by atoms with Gasteiger partial charge in [-0.15, -0.1) is 0 Å². The first-order chi connectivity index (χ1) is 7.22. The van der Waals surface area contributed by atoms with Gasteiger partial charge in [-0.05, 0) is 25.5 Å². The first kappa shape index (κ1) is 11.7. The van der Waals surface area contributed by atoms with E-state index in [0.29, 0.717) is 6.42 Å². The van der Waals surface area contributed by atoms with Crippen LogP contribution in [0.3, 0.4) is 0 Å². The maximum Gasteiger partial charge on any atom is 0.226 e. The largest absolute Gasteiger partial charge is 0.396 e. The third-order valence-electron chi connectivity index (χ3n) is 2.04. The standard InChI is InChI=1S/C11H16N2O2/c1-9(5-7-14)13-11(15)8-10-4-2-3-6-12-10/h2-4,6,9,14H,5,7-8H2,1H3,(H,13,15). The Morgan fingerprint density at radius 1 is 1.60 bits per heavy atom. The normalized spacial score (nSPS) is 12.1. The van der Waals surface area contributed by atoms with E-state index in [1.165, 1.54) is 0 Å². The van der Waals surface area contributed by atoms with Gasteiger partial charge in [0.1, 0.15) is 0 Å². The molecule has 0 saturated carbocycles. The van der Waals surface area contributed by atoms with Gasteiger partial charge in [-0.1, -0.05) is 6.07 Å². The van der Waals surface area contributed by atoms with E-state index in [1.807, 2.05) is 25.1 Å². The van der Waals surface area contributed by atoms with Gasteiger partial charge in [0.05, 0.1) is 6.42 Å². The molecule has 0 radical (unpaired) electrons. The summed E-state index contributed by atoms with van der Waals surface area (Å²) < 4.78 is 0. The van der Waals surface area contributed by atoms with Gasteiger partial charge in [-0.25, -0.2) is 0 Å². The Morgan fingerprint density at radius 3 is 3.00 bits per heavy atom. The molecule has 0 aliphatic rings. The number of aliphatic hydroxyl groups excluding tert-OH is 1. The van der Waals surface area contributed by atoms with Gasteiger partial charge in [0.2, 0.25) is 5.91 Å². The number of hydrogen-bond acceptors (Lipinski definition) is 3. The lowest BCUT2D eigenvalue weighted by molar-refractivity contribution is -0.121. The van der Waals surface area contributed by atoms with E-state index in [9.17, 15) is 4.79 Å². The number of carbonyl (C=O) groups is 1. The van der Waals surface area contributed by atoms with Crippen LogP contribution < -0.4 is 5.32 Å². The summed E-state index contributed by atoms with van der Waals surface area (Å²) >= 11 is 0. The quantitative estimate of drug-likeness (QED) is 0.741. The third-order valence-corrected chi connectivity index (χ3v) is 2.04. The molecule has 1 atom stereocenters. The van der Waals surface area contributed by atoms with E-state index < -0.39 is 0 Å². The summed E-state index contributed by atoms with van der Waals surface area (Å²) in [5.74, 6) is -0.0605. The fourth-order valence-corrected chi connectivity index (χ4v) is 1.26. The van der Waals surface area contributed by atoms with Crippen molar-refractivity contribution in [3.63, 3.8) is 0 Å². The molecule has 1 amide bonds. The SMILES string of the molecule is CC(CCO)NC(=O)Cc1ccccn1. The minimum Gasteiger partial charge on any atom is -0.396 e. The van der Waals surface area contributed by atoms with Crippen molar-refractivity contribution in [3.8, 4) is 0 Å². The Bertz CT molecular complexity index is 301. The van der Waals surface area contributed by atoms with Crippen molar-refractivity contribution in [1.29, 1.82) is 0 Å². The van der Waals surface area contributed by atoms with Gasteiger partial charge < -0.3 is 10.4 Å². The smallest absolute Gasteiger partial charge is 0.226 e. The van der Waals surface area contributed by atoms with Crippen molar-refractivity contribution in [3.05, 3.63) is 30.1 Å². The Labute approximate surface area is 89.3 Å². The fourth-order valence-electron chi connectivity index (χ4n) is 1.26. The molecule has 0 fully saturated rings. The number of aliphatic hydroxyl groups is 1. The third kappa shape index (κ3) is 4.56. The number of pyridine rings is 1. The fraction of sp³-hybridized carbons (Fsp3) is 0.455. The van der Waals surface area contributed by atoms with Crippen molar-refractivity contribution >= 4 is 5.91 Å². The molecule has 1 aromatic heterocycles. The predicted octanol–water partition coefficient (Wildman–Crippen LogP) is 0.511. The number of rotatable bonds is 5. The van der Waals surface area contributed by atoms with Gasteiger partial charge in [-0.2, -0.15) is 0 Å². The number of carbonyl (C=O) groups excluding carboxylic acids is 1. The van der Waals surface area contributed by atoms with Crippen LogP contribution in [0.4, 0.5) is 0 Å². The van der Waals surface area contributed by atoms with Crippen molar-refractivity contribution < 1.29 is 9.90 Å². The Kier molecular flexibility index (Phi) is 4.77. The monoisotopic (exact) mass is 208 g/mol. The molecule has 0 bridgehead atoms. The Hall–Kier alpha value is -1.42. The van der Waals surface area contributed by atoms with Crippen LogP contribution in [0.5, 0.6) is 0 Å². The lowest BCUT2D eigenvalue weighted by Crippen LogP contribution is -2.34. The van der Waals surface area contributed by atoms with Gasteiger partial charge in [0, 0.05) is 24.5 Å². The van der Waals surface area contributed by atoms with Crippen LogP contribution in [0.2, 0.25) is 0 Å². The molecule has 1 aromatic rings. The maximum atomic E-state index is 11.5. The zero-order valence-electron chi connectivity index (χ0n) is 8.81. The second-order valence-corrected chi connectivity index (χ2v) is 3.48. The maximum absolute atomic E-state index is 11.5. The highest BCUT2D eigenvalue weighted by molar-refractivity contribution is 5.78. The van der Waals surface area contributed by atoms with E-state index in [0.717, 1.165) is 5.69 Å². The van der Waals surface area contributed by atoms with Crippen molar-refractivity contribution in [2.24, 2.45) is 0 Å². The van der Waals surface area contributed by atoms with Crippen LogP contribution in [-0.2, 0) is 11.2 Å². The van der Waals surface area contributed by atoms with Crippen LogP contribution in [-0.4, -0.2) is 28.6 Å². The Morgan fingerprint density at radius 2 is 2.40 bits per heavy atom.